The third-order valence-corrected chi connectivity index (χ3v) is 20.1. The summed E-state index contributed by atoms with van der Waals surface area (Å²) in [7, 11) is 0. The molecule has 8 N–H and O–H groups in total. The molecule has 556 valence electrons. The lowest BCUT2D eigenvalue weighted by Crippen LogP contribution is -2.19. The summed E-state index contributed by atoms with van der Waals surface area (Å²) >= 11 is 27.2. The molecule has 0 aromatic carbocycles. The molecule has 45 heteroatoms. The van der Waals surface area contributed by atoms with Crippen LogP contribution in [0.1, 0.15) is 69.5 Å². The van der Waals surface area contributed by atoms with Crippen molar-refractivity contribution in [1.29, 1.82) is 0 Å². The van der Waals surface area contributed by atoms with E-state index >= 15 is 0 Å². The Morgan fingerprint density at radius 2 is 1.31 bits per heavy atom. The third kappa shape index (κ3) is 20.6. The Morgan fingerprint density at radius 1 is 0.630 bits per heavy atom. The first kappa shape index (κ1) is 75.7. The van der Waals surface area contributed by atoms with E-state index in [1.807, 2.05) is 52.9 Å². The fraction of sp³-hybridized carbons (Fsp3) is 0.286. The molecule has 1 saturated carbocycles. The predicted octanol–water partition coefficient (Wildman–Crippen LogP) is 11.0. The number of aromatic nitrogens is 25. The van der Waals surface area contributed by atoms with Gasteiger partial charge < -0.3 is 56.2 Å². The van der Waals surface area contributed by atoms with E-state index in [4.69, 9.17) is 49.0 Å². The number of H-pyrrole nitrogens is 1. The zero-order valence-corrected chi connectivity index (χ0v) is 64.1. The van der Waals surface area contributed by atoms with Gasteiger partial charge in [-0.2, -0.15) is 64.4 Å². The molecule has 2 aliphatic rings. The molecule has 15 aromatic heterocycles. The van der Waals surface area contributed by atoms with Crippen molar-refractivity contribution in [1.82, 2.24) is 124 Å². The highest BCUT2D eigenvalue weighted by Crippen LogP contribution is 2.35. The number of aliphatic hydroxyl groups excluding tert-OH is 1. The number of imidazole rings is 2. The highest BCUT2D eigenvalue weighted by Gasteiger charge is 2.25. The number of hydrogen-bond acceptors (Lipinski definition) is 38. The number of nitrogens with zero attached hydrogens (tertiary/aromatic N) is 24. The quantitative estimate of drug-likeness (QED) is 0.0175. The van der Waals surface area contributed by atoms with E-state index in [9.17, 15) is 9.90 Å². The molecule has 0 unspecified atom stereocenters. The number of aromatic amines is 1. The number of anilines is 6. The van der Waals surface area contributed by atoms with Crippen molar-refractivity contribution in [3.05, 3.63) is 155 Å². The first-order chi connectivity index (χ1) is 53.0. The van der Waals surface area contributed by atoms with Gasteiger partial charge in [0.15, 0.2) is 44.3 Å². The molecular formula is C63H62Cl3N31O5S6. The van der Waals surface area contributed by atoms with Gasteiger partial charge in [0.25, 0.3) is 23.0 Å². The second-order valence-electron chi connectivity index (χ2n) is 22.4. The van der Waals surface area contributed by atoms with Crippen molar-refractivity contribution in [3.63, 3.8) is 0 Å². The maximum atomic E-state index is 11.3. The number of carbonyl (C=O) groups is 1. The first-order valence-corrected chi connectivity index (χ1v) is 39.5. The summed E-state index contributed by atoms with van der Waals surface area (Å²) in [5.74, 6) is 4.74. The topological polar surface area (TPSA) is 446 Å². The fourth-order valence-corrected chi connectivity index (χ4v) is 13.8. The lowest BCUT2D eigenvalue weighted by Gasteiger charge is -2.24. The van der Waals surface area contributed by atoms with E-state index < -0.39 is 0 Å². The maximum absolute atomic E-state index is 11.3. The summed E-state index contributed by atoms with van der Waals surface area (Å²) in [6.45, 7) is 6.63. The summed E-state index contributed by atoms with van der Waals surface area (Å²) in [5.41, 5.74) is 5.49. The smallest absolute Gasteiger partial charge is 0.298 e. The Morgan fingerprint density at radius 3 is 1.99 bits per heavy atom. The van der Waals surface area contributed by atoms with Crippen LogP contribution in [0.25, 0.3) is 38.5 Å². The van der Waals surface area contributed by atoms with Gasteiger partial charge in [-0.1, -0.05) is 36.4 Å². The van der Waals surface area contributed by atoms with Gasteiger partial charge in [-0.25, -0.2) is 44.9 Å². The number of thioether (sulfide) groups is 1. The molecular weight excluding hydrogens is 1570 g/mol. The molecule has 108 heavy (non-hydrogen) atoms. The number of hydrogen-bond donors (Lipinski definition) is 8. The largest absolute Gasteiger partial charge is 0.470 e. The van der Waals surface area contributed by atoms with Crippen molar-refractivity contribution in [3.8, 4) is 17.2 Å². The molecule has 1 fully saturated rings. The summed E-state index contributed by atoms with van der Waals surface area (Å²) in [4.78, 5) is 103. The highest BCUT2D eigenvalue weighted by atomic mass is 35.5. The summed E-state index contributed by atoms with van der Waals surface area (Å²) in [6.07, 6.45) is 23.5. The molecule has 36 nitrogen and oxygen atoms in total. The van der Waals surface area contributed by atoms with Gasteiger partial charge in [-0.3, -0.25) is 14.3 Å². The zero-order valence-electron chi connectivity index (χ0n) is 56.9. The minimum absolute atomic E-state index is 0.0437. The van der Waals surface area contributed by atoms with Gasteiger partial charge in [0.05, 0.1) is 64.7 Å². The number of amides is 1. The molecule has 0 bridgehead atoms. The van der Waals surface area contributed by atoms with Crippen molar-refractivity contribution in [2.24, 2.45) is 5.92 Å². The number of aliphatic hydroxyl groups is 1. The van der Waals surface area contributed by atoms with E-state index in [1.165, 1.54) is 72.7 Å². The normalized spacial score (nSPS) is 12.1. The van der Waals surface area contributed by atoms with Crippen LogP contribution in [-0.2, 0) is 57.1 Å². The van der Waals surface area contributed by atoms with Crippen molar-refractivity contribution in [2.45, 2.75) is 90.1 Å². The molecule has 17 rings (SSSR count). The van der Waals surface area contributed by atoms with Crippen LogP contribution in [0.15, 0.2) is 107 Å². The molecule has 1 aliphatic carbocycles. The number of fused-ring (bicyclic) bond motifs is 5. The molecule has 0 radical (unpaired) electrons. The second kappa shape index (κ2) is 37.8. The molecule has 1 amide bonds. The van der Waals surface area contributed by atoms with E-state index in [0.29, 0.717) is 156 Å². The number of pyridine rings is 1. The fourth-order valence-electron chi connectivity index (χ4n) is 9.86. The standard InChI is InChI=1S/C16H19ClN6O2.C14H11ClN8OS.C14H14ClN5OS2.C10H9N5OS.C9H9N7S2/c1-2-9-25-16-20-12-13(19-10-11-3-5-18-6-4-11)21-15(17)22-14(12)23(16)7-8-24;15-13-21-11(18-5-8-1-2-16-7-19-8)10-12(22-13)23-14(20-10)24-6-9-17-3-4-25-9;15-13-19-11(17-6-9-16-4-5-22-9)10-12(20-13)23-14(18-10)21-7-8-2-1-3-8;16-7-3-6-9(13-5-14-10(6)15-7)12-4-8-11-1-2-17-8;1-17-9-14-7(11-4-6-10-2-3-18-6)16-8(15-9)12-5-13-16/h3-6,24H,2,7-10H2,1H3,(H,19,21,22);1-4,7H,5-6H2,(H2,18,20,21,22,23);4-5,8H,1-3,6-7H2,(H,17,19,20);1-2,5H,3-4H2,(H2,12,13,14,15,16);2-3,5H,4H2,1H3,(H,11,12,13,14,15). The molecule has 16 heterocycles. The lowest BCUT2D eigenvalue weighted by atomic mass is 9.86. The van der Waals surface area contributed by atoms with Crippen LogP contribution in [0.4, 0.5) is 35.0 Å². The summed E-state index contributed by atoms with van der Waals surface area (Å²) in [5, 5.41) is 45.3. The van der Waals surface area contributed by atoms with E-state index in [1.54, 1.807) is 86.5 Å². The molecule has 0 saturated heterocycles. The number of ether oxygens (including phenoxy) is 3. The Bertz CT molecular complexity index is 5340. The maximum Gasteiger partial charge on any atom is 0.298 e. The van der Waals surface area contributed by atoms with Crippen molar-refractivity contribution in [2.75, 3.05) is 58.0 Å². The minimum Gasteiger partial charge on any atom is -0.470 e. The van der Waals surface area contributed by atoms with Crippen LogP contribution >= 0.6 is 103 Å². The molecule has 0 spiro atoms. The van der Waals surface area contributed by atoms with E-state index in [2.05, 4.69) is 147 Å². The Labute approximate surface area is 651 Å². The van der Waals surface area contributed by atoms with Crippen LogP contribution < -0.4 is 46.1 Å². The van der Waals surface area contributed by atoms with Crippen LogP contribution in [0.5, 0.6) is 17.2 Å². The number of nitrogens with one attached hydrogen (secondary N) is 7. The molecule has 15 aromatic rings. The van der Waals surface area contributed by atoms with Crippen molar-refractivity contribution >= 4 is 183 Å². The van der Waals surface area contributed by atoms with Gasteiger partial charge in [-0.15, -0.1) is 45.3 Å². The summed E-state index contributed by atoms with van der Waals surface area (Å²) in [6, 6.07) is 6.35. The lowest BCUT2D eigenvalue weighted by molar-refractivity contribution is -0.115. The third-order valence-electron chi connectivity index (χ3n) is 15.1. The first-order valence-electron chi connectivity index (χ1n) is 32.8. The Kier molecular flexibility index (Phi) is 26.5. The average Bonchev–Trinajstić information content (AvgIpc) is 1.63. The SMILES string of the molecule is CCCOc1nc2c(NCc3ccncc3)nc(Cl)nc2n1CCO.CSc1nc(NCc2nccs2)n2ncnc2n1.Clc1nc(NCc2ccncn2)c2[nH]c(OCc3nccs3)nc2n1.Clc1nc(NCc2nccs2)c2nc(OCC3CCC3)sc2n1.O=C1Cc2c(NCc3nccs3)ncnc2N1. The predicted molar refractivity (Wildman–Crippen MR) is 413 cm³/mol. The van der Waals surface area contributed by atoms with Gasteiger partial charge in [0, 0.05) is 77.0 Å². The monoisotopic (exact) mass is 1630 g/mol. The summed E-state index contributed by atoms with van der Waals surface area (Å²) < 4.78 is 20.4. The van der Waals surface area contributed by atoms with E-state index in [-0.39, 0.29) is 28.4 Å². The minimum atomic E-state index is -0.0602. The van der Waals surface area contributed by atoms with Gasteiger partial charge in [-0.05, 0) is 90.0 Å². The molecule has 1 aliphatic heterocycles. The van der Waals surface area contributed by atoms with Crippen LogP contribution in [0.2, 0.25) is 15.9 Å². The van der Waals surface area contributed by atoms with Crippen LogP contribution in [-0.4, -0.2) is 161 Å². The number of rotatable bonds is 27. The van der Waals surface area contributed by atoms with Gasteiger partial charge >= 0.3 is 0 Å². The van der Waals surface area contributed by atoms with Crippen LogP contribution in [0, 0.1) is 5.92 Å². The average molecular weight is 1630 g/mol. The number of thiazole rings is 5. The van der Waals surface area contributed by atoms with Crippen LogP contribution in [0.3, 0.4) is 0 Å². The van der Waals surface area contributed by atoms with Gasteiger partial charge in [0.2, 0.25) is 27.7 Å². The van der Waals surface area contributed by atoms with Crippen molar-refractivity contribution < 1.29 is 24.1 Å². The number of halogens is 3. The highest BCUT2D eigenvalue weighted by molar-refractivity contribution is 7.98. The Balaban J connectivity index is 0.000000120. The number of carbonyl (C=O) groups excluding carboxylic acids is 1. The second-order valence-corrected chi connectivity index (χ2v) is 29.0. The van der Waals surface area contributed by atoms with E-state index in [0.717, 1.165) is 54.7 Å². The zero-order chi connectivity index (χ0) is 74.4. The molecule has 0 atom stereocenters. The van der Waals surface area contributed by atoms with Gasteiger partial charge in [0.1, 0.15) is 68.3 Å². The Hall–Kier alpha value is -10.6.